The lowest BCUT2D eigenvalue weighted by atomic mass is 10.1. The zero-order valence-corrected chi connectivity index (χ0v) is 15.7. The fourth-order valence-electron chi connectivity index (χ4n) is 2.89. The van der Waals surface area contributed by atoms with Crippen LogP contribution in [0, 0.1) is 0 Å². The van der Waals surface area contributed by atoms with Crippen molar-refractivity contribution in [3.05, 3.63) is 66.5 Å². The van der Waals surface area contributed by atoms with Gasteiger partial charge in [-0.15, -0.1) is 11.3 Å². The number of hydrogen-bond donors (Lipinski definition) is 2. The summed E-state index contributed by atoms with van der Waals surface area (Å²) in [5, 5.41) is 12.8. The summed E-state index contributed by atoms with van der Waals surface area (Å²) in [7, 11) is 1.67. The summed E-state index contributed by atoms with van der Waals surface area (Å²) in [5.41, 5.74) is 3.20. The summed E-state index contributed by atoms with van der Waals surface area (Å²) >= 11 is 1.67. The molecule has 0 saturated heterocycles. The number of anilines is 1. The van der Waals surface area contributed by atoms with E-state index >= 15 is 0 Å². The van der Waals surface area contributed by atoms with Crippen molar-refractivity contribution in [3.63, 3.8) is 0 Å². The highest BCUT2D eigenvalue weighted by atomic mass is 32.1. The molecule has 0 fully saturated rings. The summed E-state index contributed by atoms with van der Waals surface area (Å²) in [4.78, 5) is 9.95. The van der Waals surface area contributed by atoms with Crippen LogP contribution >= 0.6 is 11.3 Å². The Morgan fingerprint density at radius 2 is 1.93 bits per heavy atom. The standard InChI is InChI=1S/C21H19N3O2S/c1-26-17-4-2-3-15(11-17)19-12-18-20(27-19)21(24-13-23-18)22-10-9-14-5-7-16(25)8-6-14/h2-8,11-13,25H,9-10H2,1H3,(H,22,23,24). The van der Waals surface area contributed by atoms with Crippen molar-refractivity contribution in [2.24, 2.45) is 0 Å². The molecule has 0 radical (unpaired) electrons. The van der Waals surface area contributed by atoms with Crippen molar-refractivity contribution in [3.8, 4) is 21.9 Å². The summed E-state index contributed by atoms with van der Waals surface area (Å²) < 4.78 is 6.37. The van der Waals surface area contributed by atoms with E-state index < -0.39 is 0 Å². The predicted octanol–water partition coefficient (Wildman–Crippen LogP) is 4.73. The summed E-state index contributed by atoms with van der Waals surface area (Å²) in [6.45, 7) is 0.753. The van der Waals surface area contributed by atoms with Gasteiger partial charge in [0.1, 0.15) is 23.6 Å². The average Bonchev–Trinajstić information content (AvgIpc) is 3.15. The van der Waals surface area contributed by atoms with Crippen molar-refractivity contribution in [1.29, 1.82) is 0 Å². The second-order valence-electron chi connectivity index (χ2n) is 6.12. The van der Waals surface area contributed by atoms with Crippen molar-refractivity contribution in [1.82, 2.24) is 9.97 Å². The summed E-state index contributed by atoms with van der Waals surface area (Å²) in [6.07, 6.45) is 2.44. The number of fused-ring (bicyclic) bond motifs is 1. The molecule has 0 spiro atoms. The molecule has 0 aliphatic rings. The number of ether oxygens (including phenoxy) is 1. The van der Waals surface area contributed by atoms with Crippen LogP contribution in [-0.2, 0) is 6.42 Å². The molecule has 5 nitrogen and oxygen atoms in total. The van der Waals surface area contributed by atoms with E-state index in [4.69, 9.17) is 4.74 Å². The highest BCUT2D eigenvalue weighted by Crippen LogP contribution is 2.36. The number of thiophene rings is 1. The summed E-state index contributed by atoms with van der Waals surface area (Å²) in [5.74, 6) is 1.97. The van der Waals surface area contributed by atoms with Gasteiger partial charge in [0.15, 0.2) is 0 Å². The minimum atomic E-state index is 0.285. The average molecular weight is 377 g/mol. The normalized spacial score (nSPS) is 10.9. The second-order valence-corrected chi connectivity index (χ2v) is 7.17. The Morgan fingerprint density at radius 1 is 1.07 bits per heavy atom. The first-order chi connectivity index (χ1) is 13.2. The van der Waals surface area contributed by atoms with E-state index in [-0.39, 0.29) is 5.75 Å². The third-order valence-corrected chi connectivity index (χ3v) is 5.49. The van der Waals surface area contributed by atoms with Gasteiger partial charge in [-0.25, -0.2) is 9.97 Å². The van der Waals surface area contributed by atoms with Gasteiger partial charge < -0.3 is 15.2 Å². The number of aromatic nitrogens is 2. The summed E-state index contributed by atoms with van der Waals surface area (Å²) in [6, 6.07) is 17.4. The Hall–Kier alpha value is -3.12. The number of benzene rings is 2. The number of methoxy groups -OCH3 is 1. The molecule has 0 aliphatic carbocycles. The van der Waals surface area contributed by atoms with Crippen LogP contribution in [0.2, 0.25) is 0 Å². The van der Waals surface area contributed by atoms with Crippen molar-refractivity contribution >= 4 is 27.4 Å². The zero-order valence-electron chi connectivity index (χ0n) is 14.8. The molecule has 0 saturated carbocycles. The van der Waals surface area contributed by atoms with Crippen LogP contribution in [-0.4, -0.2) is 28.7 Å². The van der Waals surface area contributed by atoms with E-state index in [1.54, 1.807) is 36.9 Å². The number of phenols is 1. The van der Waals surface area contributed by atoms with E-state index in [9.17, 15) is 5.11 Å². The molecular weight excluding hydrogens is 358 g/mol. The Balaban J connectivity index is 1.54. The molecule has 0 amide bonds. The molecule has 4 rings (SSSR count). The van der Waals surface area contributed by atoms with Gasteiger partial charge in [0.2, 0.25) is 0 Å². The Kier molecular flexibility index (Phi) is 4.89. The number of phenolic OH excluding ortho intramolecular Hbond substituents is 1. The monoisotopic (exact) mass is 377 g/mol. The van der Waals surface area contributed by atoms with Crippen LogP contribution in [0.25, 0.3) is 20.7 Å². The van der Waals surface area contributed by atoms with Crippen molar-refractivity contribution in [2.75, 3.05) is 19.0 Å². The Bertz CT molecular complexity index is 1060. The van der Waals surface area contributed by atoms with E-state index in [0.29, 0.717) is 0 Å². The molecule has 2 N–H and O–H groups in total. The molecule has 0 atom stereocenters. The first-order valence-electron chi connectivity index (χ1n) is 8.64. The van der Waals surface area contributed by atoms with Crippen LogP contribution in [0.4, 0.5) is 5.82 Å². The minimum absolute atomic E-state index is 0.285. The molecule has 2 aromatic carbocycles. The van der Waals surface area contributed by atoms with Crippen LogP contribution in [0.3, 0.4) is 0 Å². The van der Waals surface area contributed by atoms with Gasteiger partial charge in [-0.3, -0.25) is 0 Å². The van der Waals surface area contributed by atoms with E-state index in [1.165, 1.54) is 0 Å². The second kappa shape index (κ2) is 7.63. The van der Waals surface area contributed by atoms with Crippen LogP contribution in [0.5, 0.6) is 11.5 Å². The minimum Gasteiger partial charge on any atom is -0.508 e. The van der Waals surface area contributed by atoms with Gasteiger partial charge in [0.25, 0.3) is 0 Å². The van der Waals surface area contributed by atoms with Gasteiger partial charge in [-0.1, -0.05) is 24.3 Å². The van der Waals surface area contributed by atoms with Gasteiger partial charge in [0, 0.05) is 11.4 Å². The number of rotatable bonds is 6. The van der Waals surface area contributed by atoms with E-state index in [0.717, 1.165) is 50.8 Å². The first-order valence-corrected chi connectivity index (χ1v) is 9.45. The fourth-order valence-corrected chi connectivity index (χ4v) is 3.96. The molecule has 2 heterocycles. The highest BCUT2D eigenvalue weighted by molar-refractivity contribution is 7.22. The lowest BCUT2D eigenvalue weighted by Crippen LogP contribution is -2.06. The quantitative estimate of drug-likeness (QED) is 0.509. The lowest BCUT2D eigenvalue weighted by molar-refractivity contribution is 0.415. The van der Waals surface area contributed by atoms with Gasteiger partial charge in [0.05, 0.1) is 17.3 Å². The number of nitrogens with one attached hydrogen (secondary N) is 1. The van der Waals surface area contributed by atoms with Crippen LogP contribution in [0.1, 0.15) is 5.56 Å². The van der Waals surface area contributed by atoms with E-state index in [2.05, 4.69) is 27.4 Å². The topological polar surface area (TPSA) is 67.3 Å². The van der Waals surface area contributed by atoms with E-state index in [1.807, 2.05) is 30.3 Å². The highest BCUT2D eigenvalue weighted by Gasteiger charge is 2.10. The molecule has 0 unspecified atom stereocenters. The lowest BCUT2D eigenvalue weighted by Gasteiger charge is -2.06. The number of nitrogens with zero attached hydrogens (tertiary/aromatic N) is 2. The van der Waals surface area contributed by atoms with Crippen LogP contribution < -0.4 is 10.1 Å². The maximum atomic E-state index is 9.37. The maximum Gasteiger partial charge on any atom is 0.147 e. The van der Waals surface area contributed by atoms with Gasteiger partial charge in [-0.2, -0.15) is 0 Å². The van der Waals surface area contributed by atoms with Crippen LogP contribution in [0.15, 0.2) is 60.9 Å². The smallest absolute Gasteiger partial charge is 0.147 e. The Labute approximate surface area is 161 Å². The SMILES string of the molecule is COc1cccc(-c2cc3ncnc(NCCc4ccc(O)cc4)c3s2)c1. The predicted molar refractivity (Wildman–Crippen MR) is 110 cm³/mol. The maximum absolute atomic E-state index is 9.37. The molecule has 6 heteroatoms. The zero-order chi connectivity index (χ0) is 18.6. The third-order valence-electron chi connectivity index (χ3n) is 4.31. The molecular formula is C21H19N3O2S. The number of aromatic hydroxyl groups is 1. The number of hydrogen-bond acceptors (Lipinski definition) is 6. The fraction of sp³-hybridized carbons (Fsp3) is 0.143. The van der Waals surface area contributed by atoms with Crippen molar-refractivity contribution in [2.45, 2.75) is 6.42 Å². The van der Waals surface area contributed by atoms with Gasteiger partial charge in [-0.05, 0) is 47.9 Å². The Morgan fingerprint density at radius 3 is 2.74 bits per heavy atom. The molecule has 4 aromatic rings. The first kappa shape index (κ1) is 17.3. The molecule has 0 aliphatic heterocycles. The van der Waals surface area contributed by atoms with Crippen molar-refractivity contribution < 1.29 is 9.84 Å². The molecule has 136 valence electrons. The molecule has 2 aromatic heterocycles. The molecule has 27 heavy (non-hydrogen) atoms. The molecule has 0 bridgehead atoms. The third kappa shape index (κ3) is 3.85. The largest absolute Gasteiger partial charge is 0.508 e. The van der Waals surface area contributed by atoms with Gasteiger partial charge >= 0.3 is 0 Å².